The third kappa shape index (κ3) is 5.33. The summed E-state index contributed by atoms with van der Waals surface area (Å²) in [7, 11) is 0. The van der Waals surface area contributed by atoms with E-state index in [1.807, 2.05) is 22.6 Å². The van der Waals surface area contributed by atoms with Crippen LogP contribution in [-0.2, 0) is 0 Å². The molecular weight excluding hydrogens is 419 g/mol. The third-order valence-corrected chi connectivity index (χ3v) is 7.16. The molecule has 1 aliphatic carbocycles. The highest BCUT2D eigenvalue weighted by atomic mass is 35.5. The first kappa shape index (κ1) is 23.7. The normalized spacial score (nSPS) is 22.9. The number of thioether (sulfide) groups is 1. The van der Waals surface area contributed by atoms with E-state index in [4.69, 9.17) is 0 Å². The number of nitrogens with one attached hydrogen (secondary N) is 2. The molecule has 1 amide bonds. The molecule has 10 heteroatoms. The molecule has 4 rings (SSSR count). The van der Waals surface area contributed by atoms with E-state index in [-0.39, 0.29) is 36.3 Å². The van der Waals surface area contributed by atoms with Crippen molar-refractivity contribution in [1.82, 2.24) is 30.5 Å². The number of rotatable bonds is 5. The maximum Gasteiger partial charge on any atom is 0.273 e. The van der Waals surface area contributed by atoms with Crippen LogP contribution in [0.5, 0.6) is 0 Å². The van der Waals surface area contributed by atoms with E-state index in [1.54, 1.807) is 0 Å². The van der Waals surface area contributed by atoms with Crippen molar-refractivity contribution in [3.05, 3.63) is 11.9 Å². The number of carbonyl (C=O) groups is 1. The van der Waals surface area contributed by atoms with Crippen LogP contribution in [0.25, 0.3) is 0 Å². The van der Waals surface area contributed by atoms with Crippen molar-refractivity contribution >= 4 is 42.5 Å². The van der Waals surface area contributed by atoms with Gasteiger partial charge >= 0.3 is 0 Å². The fourth-order valence-electron chi connectivity index (χ4n) is 4.64. The van der Waals surface area contributed by atoms with Crippen LogP contribution in [0.2, 0.25) is 0 Å². The zero-order valence-electron chi connectivity index (χ0n) is 16.3. The molecule has 0 unspecified atom stereocenters. The van der Waals surface area contributed by atoms with Crippen LogP contribution in [0.4, 0.5) is 0 Å². The van der Waals surface area contributed by atoms with Gasteiger partial charge in [0.25, 0.3) is 5.91 Å². The summed E-state index contributed by atoms with van der Waals surface area (Å²) in [6, 6.07) is 0.359. The number of amides is 1. The van der Waals surface area contributed by atoms with Crippen LogP contribution in [0.3, 0.4) is 0 Å². The van der Waals surface area contributed by atoms with Crippen LogP contribution in [0.1, 0.15) is 55.1 Å². The Balaban J connectivity index is 0.00000140. The van der Waals surface area contributed by atoms with Crippen LogP contribution in [-0.4, -0.2) is 75.6 Å². The second-order valence-corrected chi connectivity index (χ2v) is 9.00. The van der Waals surface area contributed by atoms with E-state index in [9.17, 15) is 4.79 Å². The summed E-state index contributed by atoms with van der Waals surface area (Å²) in [4.78, 5) is 15.3. The summed E-state index contributed by atoms with van der Waals surface area (Å²) in [6.45, 7) is 5.03. The molecule has 3 fully saturated rings. The van der Waals surface area contributed by atoms with E-state index in [1.165, 1.54) is 37.2 Å². The predicted octanol–water partition coefficient (Wildman–Crippen LogP) is 2.14. The largest absolute Gasteiger partial charge is 0.349 e. The van der Waals surface area contributed by atoms with Crippen LogP contribution in [0, 0.1) is 0 Å². The van der Waals surface area contributed by atoms with Crippen molar-refractivity contribution in [2.24, 2.45) is 0 Å². The number of hydrogen-bond donors (Lipinski definition) is 2. The molecule has 0 aromatic carbocycles. The fraction of sp³-hybridized carbons (Fsp3) is 0.833. The second kappa shape index (κ2) is 11.0. The molecule has 3 aliphatic rings. The Labute approximate surface area is 183 Å². The van der Waals surface area contributed by atoms with Gasteiger partial charge in [-0.2, -0.15) is 11.8 Å². The average Bonchev–Trinajstić information content (AvgIpc) is 3.38. The van der Waals surface area contributed by atoms with Crippen molar-refractivity contribution in [3.8, 4) is 0 Å². The minimum Gasteiger partial charge on any atom is -0.349 e. The van der Waals surface area contributed by atoms with Gasteiger partial charge in [-0.25, -0.2) is 4.68 Å². The van der Waals surface area contributed by atoms with Gasteiger partial charge in [-0.1, -0.05) is 18.1 Å². The number of piperidine rings is 1. The Morgan fingerprint density at radius 3 is 2.57 bits per heavy atom. The van der Waals surface area contributed by atoms with E-state index in [2.05, 4.69) is 25.8 Å². The second-order valence-electron chi connectivity index (χ2n) is 7.78. The minimum absolute atomic E-state index is 0. The third-order valence-electron chi connectivity index (χ3n) is 6.22. The molecule has 0 atom stereocenters. The highest BCUT2D eigenvalue weighted by molar-refractivity contribution is 7.99. The summed E-state index contributed by atoms with van der Waals surface area (Å²) < 4.78 is 1.88. The number of carbonyl (C=O) groups excluding carboxylic acids is 1. The number of nitrogens with zero attached hydrogens (tertiary/aromatic N) is 4. The first-order valence-electron chi connectivity index (χ1n) is 10.0. The Kier molecular flexibility index (Phi) is 9.34. The van der Waals surface area contributed by atoms with Gasteiger partial charge in [0.05, 0.1) is 12.2 Å². The van der Waals surface area contributed by atoms with Gasteiger partial charge in [-0.15, -0.1) is 29.9 Å². The average molecular weight is 451 g/mol. The van der Waals surface area contributed by atoms with Gasteiger partial charge in [0.2, 0.25) is 0 Å². The molecule has 1 saturated carbocycles. The molecular formula is C18H32Cl2N6OS. The molecule has 1 aromatic rings. The van der Waals surface area contributed by atoms with Gasteiger partial charge in [0.15, 0.2) is 5.69 Å². The van der Waals surface area contributed by atoms with Crippen LogP contribution in [0.15, 0.2) is 6.20 Å². The number of aromatic nitrogens is 3. The monoisotopic (exact) mass is 450 g/mol. The van der Waals surface area contributed by atoms with Crippen LogP contribution < -0.4 is 10.6 Å². The van der Waals surface area contributed by atoms with E-state index < -0.39 is 0 Å². The standard InChI is InChI=1S/C18H30N6OS.2ClH/c25-17(16-13-24(22-21-16)15-3-7-19-8-4-15)20-14-18(5-1-2-6-18)23-9-11-26-12-10-23;;/h13,15,19H,1-12,14H2,(H,20,25);2*1H. The molecule has 0 radical (unpaired) electrons. The maximum atomic E-state index is 12.7. The van der Waals surface area contributed by atoms with Gasteiger partial charge in [0, 0.05) is 36.7 Å². The molecule has 160 valence electrons. The van der Waals surface area contributed by atoms with E-state index in [0.29, 0.717) is 11.7 Å². The molecule has 0 spiro atoms. The smallest absolute Gasteiger partial charge is 0.273 e. The highest BCUT2D eigenvalue weighted by Crippen LogP contribution is 2.36. The lowest BCUT2D eigenvalue weighted by atomic mass is 9.94. The zero-order chi connectivity index (χ0) is 17.8. The lowest BCUT2D eigenvalue weighted by Crippen LogP contribution is -2.56. The molecule has 2 aliphatic heterocycles. The number of halogens is 2. The van der Waals surface area contributed by atoms with Crippen molar-refractivity contribution in [2.45, 2.75) is 50.1 Å². The molecule has 28 heavy (non-hydrogen) atoms. The number of hydrogen-bond acceptors (Lipinski definition) is 6. The minimum atomic E-state index is -0.0807. The highest BCUT2D eigenvalue weighted by Gasteiger charge is 2.40. The van der Waals surface area contributed by atoms with Gasteiger partial charge in [-0.05, 0) is 38.8 Å². The summed E-state index contributed by atoms with van der Waals surface area (Å²) in [5, 5.41) is 14.9. The summed E-state index contributed by atoms with van der Waals surface area (Å²) >= 11 is 2.04. The lowest BCUT2D eigenvalue weighted by molar-refractivity contribution is 0.0813. The zero-order valence-corrected chi connectivity index (χ0v) is 18.7. The summed E-state index contributed by atoms with van der Waals surface area (Å²) in [5.41, 5.74) is 0.604. The Bertz CT molecular complexity index is 613. The first-order chi connectivity index (χ1) is 12.8. The van der Waals surface area contributed by atoms with Crippen molar-refractivity contribution in [1.29, 1.82) is 0 Å². The molecule has 3 heterocycles. The Morgan fingerprint density at radius 2 is 1.89 bits per heavy atom. The van der Waals surface area contributed by atoms with Crippen molar-refractivity contribution < 1.29 is 4.79 Å². The predicted molar refractivity (Wildman–Crippen MR) is 118 cm³/mol. The Hall–Kier alpha value is -0.540. The van der Waals surface area contributed by atoms with E-state index in [0.717, 1.165) is 45.6 Å². The molecule has 2 N–H and O–H groups in total. The van der Waals surface area contributed by atoms with Gasteiger partial charge < -0.3 is 10.6 Å². The summed E-state index contributed by atoms with van der Waals surface area (Å²) in [6.07, 6.45) is 8.83. The molecule has 2 saturated heterocycles. The topological polar surface area (TPSA) is 75.1 Å². The molecule has 7 nitrogen and oxygen atoms in total. The maximum absolute atomic E-state index is 12.7. The van der Waals surface area contributed by atoms with Crippen molar-refractivity contribution in [3.63, 3.8) is 0 Å². The fourth-order valence-corrected chi connectivity index (χ4v) is 5.54. The molecule has 1 aromatic heterocycles. The lowest BCUT2D eigenvalue weighted by Gasteiger charge is -2.43. The van der Waals surface area contributed by atoms with Gasteiger partial charge in [0.1, 0.15) is 0 Å². The van der Waals surface area contributed by atoms with Gasteiger partial charge in [-0.3, -0.25) is 9.69 Å². The van der Waals surface area contributed by atoms with Crippen molar-refractivity contribution in [2.75, 3.05) is 44.2 Å². The first-order valence-corrected chi connectivity index (χ1v) is 11.2. The summed E-state index contributed by atoms with van der Waals surface area (Å²) in [5.74, 6) is 2.34. The quantitative estimate of drug-likeness (QED) is 0.715. The Morgan fingerprint density at radius 1 is 1.21 bits per heavy atom. The SMILES string of the molecule is Cl.Cl.O=C(NCC1(N2CCSCC2)CCCC1)c1cn(C2CCNCC2)nn1. The van der Waals surface area contributed by atoms with E-state index >= 15 is 0 Å². The van der Waals surface area contributed by atoms with Crippen LogP contribution >= 0.6 is 36.6 Å². The molecule has 0 bridgehead atoms.